The molecule has 0 aromatic rings. The number of piperidine rings is 1. The standard InChI is InChI=1S/C13H28N2/c1-11(2)12(3)9-15-10-13(4)5-7-14-8-6-13/h11-12,14-15H,5-10H2,1-4H3. The van der Waals surface area contributed by atoms with Crippen molar-refractivity contribution in [2.45, 2.75) is 40.5 Å². The Balaban J connectivity index is 2.18. The first kappa shape index (κ1) is 13.0. The summed E-state index contributed by atoms with van der Waals surface area (Å²) in [5.41, 5.74) is 0.530. The molecule has 1 saturated heterocycles. The zero-order chi connectivity index (χ0) is 11.3. The van der Waals surface area contributed by atoms with Crippen molar-refractivity contribution in [2.24, 2.45) is 17.3 Å². The van der Waals surface area contributed by atoms with Crippen molar-refractivity contribution in [3.63, 3.8) is 0 Å². The molecule has 0 spiro atoms. The van der Waals surface area contributed by atoms with Gasteiger partial charge in [0, 0.05) is 6.54 Å². The number of hydrogen-bond acceptors (Lipinski definition) is 2. The van der Waals surface area contributed by atoms with Crippen LogP contribution in [-0.4, -0.2) is 26.2 Å². The Bertz CT molecular complexity index is 171. The van der Waals surface area contributed by atoms with Crippen LogP contribution < -0.4 is 10.6 Å². The first-order chi connectivity index (χ1) is 7.03. The van der Waals surface area contributed by atoms with Crippen LogP contribution in [0.2, 0.25) is 0 Å². The van der Waals surface area contributed by atoms with Gasteiger partial charge >= 0.3 is 0 Å². The van der Waals surface area contributed by atoms with Gasteiger partial charge in [-0.2, -0.15) is 0 Å². The van der Waals surface area contributed by atoms with E-state index in [1.165, 1.54) is 39.0 Å². The first-order valence-corrected chi connectivity index (χ1v) is 6.45. The normalized spacial score (nSPS) is 23.0. The van der Waals surface area contributed by atoms with Gasteiger partial charge < -0.3 is 10.6 Å². The Labute approximate surface area is 95.2 Å². The van der Waals surface area contributed by atoms with Gasteiger partial charge in [0.05, 0.1) is 0 Å². The zero-order valence-corrected chi connectivity index (χ0v) is 10.9. The van der Waals surface area contributed by atoms with Crippen LogP contribution >= 0.6 is 0 Å². The molecule has 0 aromatic heterocycles. The summed E-state index contributed by atoms with van der Waals surface area (Å²) in [5.74, 6) is 1.58. The lowest BCUT2D eigenvalue weighted by Gasteiger charge is -2.34. The van der Waals surface area contributed by atoms with E-state index in [1.54, 1.807) is 0 Å². The summed E-state index contributed by atoms with van der Waals surface area (Å²) in [4.78, 5) is 0. The highest BCUT2D eigenvalue weighted by molar-refractivity contribution is 4.82. The lowest BCUT2D eigenvalue weighted by atomic mass is 9.81. The largest absolute Gasteiger partial charge is 0.317 e. The fourth-order valence-electron chi connectivity index (χ4n) is 2.04. The molecule has 1 heterocycles. The second-order valence-corrected chi connectivity index (χ2v) is 5.91. The molecule has 0 saturated carbocycles. The minimum atomic E-state index is 0.530. The van der Waals surface area contributed by atoms with E-state index in [-0.39, 0.29) is 0 Å². The highest BCUT2D eigenvalue weighted by Crippen LogP contribution is 2.26. The van der Waals surface area contributed by atoms with E-state index >= 15 is 0 Å². The maximum atomic E-state index is 3.65. The maximum Gasteiger partial charge on any atom is 0.000623 e. The molecule has 0 aromatic carbocycles. The highest BCUT2D eigenvalue weighted by atomic mass is 14.9. The van der Waals surface area contributed by atoms with Crippen LogP contribution in [0.5, 0.6) is 0 Å². The van der Waals surface area contributed by atoms with Gasteiger partial charge in [0.2, 0.25) is 0 Å². The van der Waals surface area contributed by atoms with E-state index < -0.39 is 0 Å². The lowest BCUT2D eigenvalue weighted by Crippen LogP contribution is -2.42. The molecule has 0 radical (unpaired) electrons. The molecule has 2 heteroatoms. The van der Waals surface area contributed by atoms with Crippen molar-refractivity contribution in [3.8, 4) is 0 Å². The predicted molar refractivity (Wildman–Crippen MR) is 67.1 cm³/mol. The zero-order valence-electron chi connectivity index (χ0n) is 10.9. The van der Waals surface area contributed by atoms with Crippen LogP contribution in [0.3, 0.4) is 0 Å². The van der Waals surface area contributed by atoms with Crippen molar-refractivity contribution in [1.82, 2.24) is 10.6 Å². The van der Waals surface area contributed by atoms with Crippen molar-refractivity contribution >= 4 is 0 Å². The second kappa shape index (κ2) is 5.86. The quantitative estimate of drug-likeness (QED) is 0.730. The number of nitrogens with one attached hydrogen (secondary N) is 2. The molecule has 0 bridgehead atoms. The monoisotopic (exact) mass is 212 g/mol. The molecule has 1 atom stereocenters. The summed E-state index contributed by atoms with van der Waals surface area (Å²) in [6.45, 7) is 14.1. The summed E-state index contributed by atoms with van der Waals surface area (Å²) < 4.78 is 0. The summed E-state index contributed by atoms with van der Waals surface area (Å²) in [6.07, 6.45) is 2.63. The lowest BCUT2D eigenvalue weighted by molar-refractivity contribution is 0.214. The van der Waals surface area contributed by atoms with E-state index in [9.17, 15) is 0 Å². The molecule has 15 heavy (non-hydrogen) atoms. The second-order valence-electron chi connectivity index (χ2n) is 5.91. The molecule has 1 aliphatic heterocycles. The van der Waals surface area contributed by atoms with E-state index in [1.807, 2.05) is 0 Å². The summed E-state index contributed by atoms with van der Waals surface area (Å²) in [6, 6.07) is 0. The molecule has 1 rings (SSSR count). The van der Waals surface area contributed by atoms with E-state index in [2.05, 4.69) is 38.3 Å². The van der Waals surface area contributed by atoms with Crippen LogP contribution in [0.25, 0.3) is 0 Å². The molecule has 1 aliphatic rings. The van der Waals surface area contributed by atoms with Crippen molar-refractivity contribution in [3.05, 3.63) is 0 Å². The van der Waals surface area contributed by atoms with E-state index in [0.29, 0.717) is 5.41 Å². The minimum Gasteiger partial charge on any atom is -0.317 e. The van der Waals surface area contributed by atoms with Gasteiger partial charge in [0.15, 0.2) is 0 Å². The Morgan fingerprint density at radius 3 is 2.33 bits per heavy atom. The van der Waals surface area contributed by atoms with Crippen LogP contribution in [0.4, 0.5) is 0 Å². The van der Waals surface area contributed by atoms with Gasteiger partial charge in [-0.15, -0.1) is 0 Å². The fraction of sp³-hybridized carbons (Fsp3) is 1.00. The van der Waals surface area contributed by atoms with Crippen LogP contribution in [0.1, 0.15) is 40.5 Å². The average molecular weight is 212 g/mol. The van der Waals surface area contributed by atoms with Crippen molar-refractivity contribution in [1.29, 1.82) is 0 Å². The van der Waals surface area contributed by atoms with Crippen LogP contribution in [0, 0.1) is 17.3 Å². The summed E-state index contributed by atoms with van der Waals surface area (Å²) in [5, 5.41) is 7.08. The van der Waals surface area contributed by atoms with Crippen LogP contribution in [0.15, 0.2) is 0 Å². The summed E-state index contributed by atoms with van der Waals surface area (Å²) >= 11 is 0. The maximum absolute atomic E-state index is 3.65. The molecule has 0 aliphatic carbocycles. The Hall–Kier alpha value is -0.0800. The van der Waals surface area contributed by atoms with Crippen LogP contribution in [-0.2, 0) is 0 Å². The molecular formula is C13H28N2. The van der Waals surface area contributed by atoms with Crippen molar-refractivity contribution in [2.75, 3.05) is 26.2 Å². The van der Waals surface area contributed by atoms with Gasteiger partial charge in [-0.3, -0.25) is 0 Å². The molecule has 2 N–H and O–H groups in total. The molecule has 2 nitrogen and oxygen atoms in total. The SMILES string of the molecule is CC(C)C(C)CNCC1(C)CCNCC1. The van der Waals surface area contributed by atoms with Gasteiger partial charge in [-0.25, -0.2) is 0 Å². The van der Waals surface area contributed by atoms with Crippen molar-refractivity contribution < 1.29 is 0 Å². The first-order valence-electron chi connectivity index (χ1n) is 6.45. The average Bonchev–Trinajstić information content (AvgIpc) is 2.18. The number of hydrogen-bond donors (Lipinski definition) is 2. The Morgan fingerprint density at radius 2 is 1.80 bits per heavy atom. The van der Waals surface area contributed by atoms with Gasteiger partial charge in [-0.1, -0.05) is 27.7 Å². The van der Waals surface area contributed by atoms with Gasteiger partial charge in [0.25, 0.3) is 0 Å². The molecule has 90 valence electrons. The molecular weight excluding hydrogens is 184 g/mol. The van der Waals surface area contributed by atoms with E-state index in [4.69, 9.17) is 0 Å². The fourth-order valence-corrected chi connectivity index (χ4v) is 2.04. The third-order valence-electron chi connectivity index (χ3n) is 3.97. The van der Waals surface area contributed by atoms with Gasteiger partial charge in [0.1, 0.15) is 0 Å². The smallest absolute Gasteiger partial charge is 0.000623 e. The van der Waals surface area contributed by atoms with E-state index in [0.717, 1.165) is 11.8 Å². The highest BCUT2D eigenvalue weighted by Gasteiger charge is 2.26. The topological polar surface area (TPSA) is 24.1 Å². The summed E-state index contributed by atoms with van der Waals surface area (Å²) in [7, 11) is 0. The number of rotatable bonds is 5. The third kappa shape index (κ3) is 4.52. The minimum absolute atomic E-state index is 0.530. The predicted octanol–water partition coefficient (Wildman–Crippen LogP) is 2.26. The Morgan fingerprint density at radius 1 is 1.20 bits per heavy atom. The molecule has 0 amide bonds. The third-order valence-corrected chi connectivity index (χ3v) is 3.97. The van der Waals surface area contributed by atoms with Gasteiger partial charge in [-0.05, 0) is 49.7 Å². The molecule has 1 fully saturated rings. The molecule has 1 unspecified atom stereocenters. The Kier molecular flexibility index (Phi) is 5.07.